The first-order chi connectivity index (χ1) is 4.30. The molecule has 0 spiro atoms. The molecule has 0 aliphatic carbocycles. The number of benzene rings is 1. The van der Waals surface area contributed by atoms with Crippen LogP contribution in [0.25, 0.3) is 0 Å². The molecule has 10 heavy (non-hydrogen) atoms. The van der Waals surface area contributed by atoms with Gasteiger partial charge in [-0.15, -0.1) is 10.8 Å². The van der Waals surface area contributed by atoms with Gasteiger partial charge in [-0.1, -0.05) is 18.2 Å². The fraction of sp³-hybridized carbons (Fsp3) is 0. The molecule has 0 bridgehead atoms. The molecule has 0 aromatic heterocycles. The molecule has 0 fully saturated rings. The molecule has 3 heteroatoms. The van der Waals surface area contributed by atoms with E-state index in [4.69, 9.17) is 0 Å². The van der Waals surface area contributed by atoms with E-state index in [0.717, 1.165) is 4.90 Å². The summed E-state index contributed by atoms with van der Waals surface area (Å²) < 4.78 is 10.6. The zero-order chi connectivity index (χ0) is 6.69. The van der Waals surface area contributed by atoms with Crippen LogP contribution < -0.4 is 18.9 Å². The Morgan fingerprint density at radius 3 is 2.00 bits per heavy atom. The molecule has 0 N–H and O–H groups in total. The first-order valence-corrected chi connectivity index (χ1v) is 3.89. The molecule has 0 amide bonds. The van der Waals surface area contributed by atoms with E-state index in [1.807, 2.05) is 18.2 Å². The molecule has 0 saturated carbocycles. The number of hydrogen-bond acceptors (Lipinski definition) is 1. The van der Waals surface area contributed by atoms with Gasteiger partial charge in [0.05, 0.1) is 0 Å². The average molecular weight is 146 g/mol. The van der Waals surface area contributed by atoms with Crippen LogP contribution in [0.2, 0.25) is 0 Å². The third-order valence-electron chi connectivity index (χ3n) is 1.01. The molecule has 0 radical (unpaired) electrons. The Morgan fingerprint density at radius 1 is 1.20 bits per heavy atom. The number of hydrogen-bond donors (Lipinski definition) is 0. The monoisotopic (exact) mass is 146 g/mol. The van der Waals surface area contributed by atoms with Gasteiger partial charge in [0, 0.05) is 4.90 Å². The molecular weight excluding hydrogens is 139 g/mol. The molecular formula is C7H7LiOS. The summed E-state index contributed by atoms with van der Waals surface area (Å²) in [5.41, 5.74) is 0. The van der Waals surface area contributed by atoms with Crippen LogP contribution in [-0.4, -0.2) is 4.21 Å². The minimum Gasteiger partial charge on any atom is -0.290 e. The van der Waals surface area contributed by atoms with Gasteiger partial charge < -0.3 is 0 Å². The smallest absolute Gasteiger partial charge is 0.290 e. The molecule has 1 aromatic carbocycles. The largest absolute Gasteiger partial charge is 1.00 e. The Kier molecular flexibility index (Phi) is 4.72. The third kappa shape index (κ3) is 2.70. The molecule has 0 saturated heterocycles. The Balaban J connectivity index is 0.000000810. The summed E-state index contributed by atoms with van der Waals surface area (Å²) >= 11 is 0. The second kappa shape index (κ2) is 4.73. The second-order valence-electron chi connectivity index (χ2n) is 1.66. The van der Waals surface area contributed by atoms with Gasteiger partial charge in [0.15, 0.2) is 0 Å². The van der Waals surface area contributed by atoms with Crippen LogP contribution in [0.4, 0.5) is 0 Å². The molecule has 0 heterocycles. The van der Waals surface area contributed by atoms with E-state index in [2.05, 4.69) is 6.26 Å². The molecule has 1 nitrogen and oxygen atoms in total. The van der Waals surface area contributed by atoms with Gasteiger partial charge in [-0.25, -0.2) is 6.26 Å². The Labute approximate surface area is 75.5 Å². The predicted molar refractivity (Wildman–Crippen MR) is 38.2 cm³/mol. The predicted octanol–water partition coefficient (Wildman–Crippen LogP) is -1.41. The van der Waals surface area contributed by atoms with Crippen molar-refractivity contribution in [3.05, 3.63) is 36.6 Å². The van der Waals surface area contributed by atoms with Gasteiger partial charge in [0.25, 0.3) is 0 Å². The zero-order valence-electron chi connectivity index (χ0n) is 5.91. The molecule has 1 aromatic rings. The van der Waals surface area contributed by atoms with Crippen LogP contribution in [0.1, 0.15) is 0 Å². The van der Waals surface area contributed by atoms with Crippen molar-refractivity contribution in [1.29, 1.82) is 0 Å². The maximum Gasteiger partial charge on any atom is 1.00 e. The summed E-state index contributed by atoms with van der Waals surface area (Å²) in [6, 6.07) is 9.17. The standard InChI is InChI=1S/C7H7OS.Li/c1-9(8)7-5-3-2-4-6-7;/h2-6H,1H2;/q-1;+1. The second-order valence-corrected chi connectivity index (χ2v) is 2.82. The van der Waals surface area contributed by atoms with Crippen molar-refractivity contribution in [2.24, 2.45) is 0 Å². The molecule has 0 aliphatic rings. The zero-order valence-corrected chi connectivity index (χ0v) is 6.73. The van der Waals surface area contributed by atoms with Crippen molar-refractivity contribution >= 4 is 10.8 Å². The summed E-state index contributed by atoms with van der Waals surface area (Å²) in [5, 5.41) is 0. The minimum atomic E-state index is -1.08. The van der Waals surface area contributed by atoms with Gasteiger partial charge in [-0.3, -0.25) is 4.21 Å². The van der Waals surface area contributed by atoms with Crippen molar-refractivity contribution < 1.29 is 23.1 Å². The maximum atomic E-state index is 10.6. The summed E-state index contributed by atoms with van der Waals surface area (Å²) in [4.78, 5) is 0.775. The van der Waals surface area contributed by atoms with Gasteiger partial charge in [-0.05, 0) is 12.1 Å². The summed E-state index contributed by atoms with van der Waals surface area (Å²) in [6.07, 6.45) is 3.38. The molecule has 1 atom stereocenters. The fourth-order valence-electron chi connectivity index (χ4n) is 0.572. The van der Waals surface area contributed by atoms with E-state index >= 15 is 0 Å². The van der Waals surface area contributed by atoms with E-state index < -0.39 is 10.8 Å². The van der Waals surface area contributed by atoms with Crippen LogP contribution in [0.3, 0.4) is 0 Å². The molecule has 48 valence electrons. The van der Waals surface area contributed by atoms with Gasteiger partial charge in [0.1, 0.15) is 0 Å². The van der Waals surface area contributed by atoms with Crippen LogP contribution in [0, 0.1) is 6.26 Å². The van der Waals surface area contributed by atoms with Gasteiger partial charge >= 0.3 is 18.9 Å². The van der Waals surface area contributed by atoms with Crippen molar-refractivity contribution in [3.8, 4) is 0 Å². The fourth-order valence-corrected chi connectivity index (χ4v) is 1.03. The summed E-state index contributed by atoms with van der Waals surface area (Å²) in [7, 11) is -1.08. The summed E-state index contributed by atoms with van der Waals surface area (Å²) in [5.74, 6) is 0. The summed E-state index contributed by atoms with van der Waals surface area (Å²) in [6.45, 7) is 0. The van der Waals surface area contributed by atoms with Gasteiger partial charge in [0.2, 0.25) is 0 Å². The van der Waals surface area contributed by atoms with Crippen molar-refractivity contribution in [1.82, 2.24) is 0 Å². The van der Waals surface area contributed by atoms with E-state index in [-0.39, 0.29) is 18.9 Å². The quantitative estimate of drug-likeness (QED) is 0.351. The van der Waals surface area contributed by atoms with Crippen molar-refractivity contribution in [3.63, 3.8) is 0 Å². The van der Waals surface area contributed by atoms with Crippen LogP contribution >= 0.6 is 0 Å². The topological polar surface area (TPSA) is 17.1 Å². The van der Waals surface area contributed by atoms with E-state index in [9.17, 15) is 4.21 Å². The van der Waals surface area contributed by atoms with Crippen molar-refractivity contribution in [2.75, 3.05) is 0 Å². The average Bonchev–Trinajstić information content (AvgIpc) is 1.90. The first kappa shape index (κ1) is 9.97. The Morgan fingerprint density at radius 2 is 1.70 bits per heavy atom. The van der Waals surface area contributed by atoms with Crippen LogP contribution in [0.5, 0.6) is 0 Å². The van der Waals surface area contributed by atoms with Crippen molar-refractivity contribution in [2.45, 2.75) is 4.90 Å². The first-order valence-electron chi connectivity index (χ1n) is 2.57. The van der Waals surface area contributed by atoms with Gasteiger partial charge in [-0.2, -0.15) is 0 Å². The molecule has 1 unspecified atom stereocenters. The molecule has 0 aliphatic heterocycles. The minimum absolute atomic E-state index is 0. The van der Waals surface area contributed by atoms with E-state index in [1.165, 1.54) is 0 Å². The van der Waals surface area contributed by atoms with Crippen LogP contribution in [0.15, 0.2) is 35.2 Å². The molecule has 1 rings (SSSR count). The van der Waals surface area contributed by atoms with Crippen LogP contribution in [-0.2, 0) is 10.8 Å². The Bertz CT molecular complexity index is 210. The maximum absolute atomic E-state index is 10.6. The third-order valence-corrected chi connectivity index (χ3v) is 1.80. The normalized spacial score (nSPS) is 11.7. The van der Waals surface area contributed by atoms with E-state index in [1.54, 1.807) is 12.1 Å². The number of rotatable bonds is 1. The SMILES string of the molecule is [CH2-]S(=O)c1ccccc1.[Li+]. The Hall–Kier alpha value is -0.0326. The van der Waals surface area contributed by atoms with E-state index in [0.29, 0.717) is 0 Å².